The molecule has 6 nitrogen and oxygen atoms in total. The van der Waals surface area contributed by atoms with Crippen LogP contribution in [-0.4, -0.2) is 26.5 Å². The number of aromatic nitrogens is 2. The van der Waals surface area contributed by atoms with Crippen LogP contribution in [0.5, 0.6) is 0 Å². The lowest BCUT2D eigenvalue weighted by Crippen LogP contribution is -2.13. The minimum Gasteiger partial charge on any atom is -0.399 e. The van der Waals surface area contributed by atoms with E-state index in [-0.39, 0.29) is 16.8 Å². The van der Waals surface area contributed by atoms with Crippen molar-refractivity contribution in [1.29, 1.82) is 0 Å². The van der Waals surface area contributed by atoms with Crippen molar-refractivity contribution in [2.75, 3.05) is 16.4 Å². The van der Waals surface area contributed by atoms with Gasteiger partial charge in [0, 0.05) is 45.7 Å². The Balaban J connectivity index is 0.000000192. The first kappa shape index (κ1) is 48.6. The SMILES string of the molecule is Cc1cnc2cc(N)ccc2c1.Cc1cnc2cc(NC(=O)c3ccccc3-c3ccc(C(F)(F)F)cc3)ccc2c1.ClCCl.O=C(Cl)c1ccccc1-c1ccc(C(F)(F)F)cc1. The van der Waals surface area contributed by atoms with E-state index < -0.39 is 28.7 Å². The van der Waals surface area contributed by atoms with Gasteiger partial charge >= 0.3 is 12.4 Å². The van der Waals surface area contributed by atoms with E-state index in [1.54, 1.807) is 60.8 Å². The second-order valence-corrected chi connectivity index (χ2v) is 15.1. The summed E-state index contributed by atoms with van der Waals surface area (Å²) in [5.41, 5.74) is 12.2. The Morgan fingerprint density at radius 1 is 0.578 bits per heavy atom. The van der Waals surface area contributed by atoms with Crippen LogP contribution in [0.4, 0.5) is 37.7 Å². The molecule has 2 aromatic heterocycles. The van der Waals surface area contributed by atoms with E-state index in [9.17, 15) is 35.9 Å². The topological polar surface area (TPSA) is 98.0 Å². The molecule has 328 valence electrons. The van der Waals surface area contributed by atoms with Crippen molar-refractivity contribution in [3.63, 3.8) is 0 Å². The Morgan fingerprint density at radius 2 is 1.00 bits per heavy atom. The molecule has 0 fully saturated rings. The lowest BCUT2D eigenvalue weighted by Gasteiger charge is -2.12. The number of pyridine rings is 2. The van der Waals surface area contributed by atoms with E-state index >= 15 is 0 Å². The van der Waals surface area contributed by atoms with E-state index in [0.29, 0.717) is 33.5 Å². The Morgan fingerprint density at radius 3 is 1.47 bits per heavy atom. The Kier molecular flexibility index (Phi) is 16.5. The Hall–Kier alpha value is -6.47. The first-order chi connectivity index (χ1) is 30.4. The van der Waals surface area contributed by atoms with E-state index in [2.05, 4.69) is 21.4 Å². The quantitative estimate of drug-likeness (QED) is 0.0775. The molecule has 0 saturated carbocycles. The van der Waals surface area contributed by atoms with E-state index in [4.69, 9.17) is 40.5 Å². The highest BCUT2D eigenvalue weighted by atomic mass is 35.5. The monoisotopic (exact) mass is 932 g/mol. The summed E-state index contributed by atoms with van der Waals surface area (Å²) in [4.78, 5) is 32.8. The molecule has 0 aliphatic rings. The van der Waals surface area contributed by atoms with Crippen molar-refractivity contribution in [2.45, 2.75) is 26.2 Å². The highest BCUT2D eigenvalue weighted by molar-refractivity contribution is 6.68. The number of anilines is 2. The normalized spacial score (nSPS) is 11.0. The smallest absolute Gasteiger partial charge is 0.399 e. The standard InChI is InChI=1S/C24H17F3N2O.C14H8ClF3O.C10H10N2.CH2Cl2/c1-15-12-17-8-11-19(13-22(17)28-14-15)29-23(30)21-5-3-2-4-20(21)16-6-9-18(10-7-16)24(25,26)27;15-13(19)12-4-2-1-3-11(12)9-5-7-10(8-6-9)14(16,17)18;1-7-4-8-2-3-9(11)5-10(8)12-6-7;2-1-3/h2-14H,1H3,(H,29,30);1-8H;2-6H,11H2,1H3;1H2. The van der Waals surface area contributed by atoms with E-state index in [1.807, 2.05) is 50.4 Å². The first-order valence-electron chi connectivity index (χ1n) is 19.0. The Bertz CT molecular complexity index is 2830. The Labute approximate surface area is 379 Å². The van der Waals surface area contributed by atoms with Crippen molar-refractivity contribution < 1.29 is 35.9 Å². The number of carbonyl (C=O) groups excluding carboxylic acids is 2. The number of alkyl halides is 8. The van der Waals surface area contributed by atoms with Crippen LogP contribution in [0.1, 0.15) is 43.0 Å². The number of amides is 1. The summed E-state index contributed by atoms with van der Waals surface area (Å²) in [5.74, 6) is -0.350. The number of hydrogen-bond acceptors (Lipinski definition) is 5. The summed E-state index contributed by atoms with van der Waals surface area (Å²) in [6.07, 6.45) is -5.17. The van der Waals surface area contributed by atoms with Gasteiger partial charge in [0.05, 0.1) is 27.5 Å². The highest BCUT2D eigenvalue weighted by Crippen LogP contribution is 2.34. The average Bonchev–Trinajstić information content (AvgIpc) is 3.27. The lowest BCUT2D eigenvalue weighted by molar-refractivity contribution is -0.138. The van der Waals surface area contributed by atoms with Gasteiger partial charge < -0.3 is 11.1 Å². The van der Waals surface area contributed by atoms with Crippen LogP contribution < -0.4 is 11.1 Å². The zero-order valence-corrected chi connectivity index (χ0v) is 36.2. The molecule has 0 radical (unpaired) electrons. The molecule has 15 heteroatoms. The van der Waals surface area contributed by atoms with E-state index in [0.717, 1.165) is 57.3 Å². The van der Waals surface area contributed by atoms with Gasteiger partial charge in [-0.05, 0) is 132 Å². The molecule has 64 heavy (non-hydrogen) atoms. The van der Waals surface area contributed by atoms with Gasteiger partial charge in [-0.15, -0.1) is 23.2 Å². The fraction of sp³-hybridized carbons (Fsp3) is 0.102. The molecule has 0 aliphatic carbocycles. The molecule has 0 unspecified atom stereocenters. The lowest BCUT2D eigenvalue weighted by atomic mass is 9.98. The minimum absolute atomic E-state index is 0.194. The van der Waals surface area contributed by atoms with Crippen molar-refractivity contribution in [3.8, 4) is 22.3 Å². The number of hydrogen-bond donors (Lipinski definition) is 2. The molecule has 2 heterocycles. The van der Waals surface area contributed by atoms with Crippen LogP contribution in [0.3, 0.4) is 0 Å². The molecular formula is C49H37Cl3F6N4O2. The number of fused-ring (bicyclic) bond motifs is 2. The summed E-state index contributed by atoms with van der Waals surface area (Å²) >= 11 is 15.0. The van der Waals surface area contributed by atoms with Crippen LogP contribution in [0, 0.1) is 13.8 Å². The third kappa shape index (κ3) is 13.3. The van der Waals surface area contributed by atoms with Gasteiger partial charge in [-0.3, -0.25) is 19.6 Å². The van der Waals surface area contributed by atoms with Crippen LogP contribution >= 0.6 is 34.8 Å². The number of aryl methyl sites for hydroxylation is 2. The predicted molar refractivity (Wildman–Crippen MR) is 246 cm³/mol. The van der Waals surface area contributed by atoms with Gasteiger partial charge in [0.15, 0.2) is 0 Å². The molecule has 0 saturated heterocycles. The number of halogens is 9. The minimum atomic E-state index is -4.40. The molecular weight excluding hydrogens is 897 g/mol. The number of nitrogen functional groups attached to an aromatic ring is 1. The average molecular weight is 934 g/mol. The summed E-state index contributed by atoms with van der Waals surface area (Å²) in [7, 11) is 0. The first-order valence-corrected chi connectivity index (χ1v) is 20.5. The predicted octanol–water partition coefficient (Wildman–Crippen LogP) is 14.8. The fourth-order valence-electron chi connectivity index (χ4n) is 6.27. The highest BCUT2D eigenvalue weighted by Gasteiger charge is 2.31. The molecule has 8 aromatic rings. The van der Waals surface area contributed by atoms with Crippen LogP contribution in [0.15, 0.2) is 158 Å². The van der Waals surface area contributed by atoms with Crippen molar-refractivity contribution in [3.05, 3.63) is 191 Å². The van der Waals surface area contributed by atoms with Crippen molar-refractivity contribution in [1.82, 2.24) is 9.97 Å². The molecule has 3 N–H and O–H groups in total. The van der Waals surface area contributed by atoms with Crippen LogP contribution in [0.2, 0.25) is 0 Å². The maximum atomic E-state index is 12.9. The maximum Gasteiger partial charge on any atom is 0.416 e. The number of benzene rings is 6. The fourth-order valence-corrected chi connectivity index (χ4v) is 6.44. The number of nitrogens with two attached hydrogens (primary N) is 1. The summed E-state index contributed by atoms with van der Waals surface area (Å²) < 4.78 is 75.9. The van der Waals surface area contributed by atoms with Crippen LogP contribution in [-0.2, 0) is 12.4 Å². The number of nitrogens with zero attached hydrogens (tertiary/aromatic N) is 2. The zero-order valence-electron chi connectivity index (χ0n) is 33.9. The van der Waals surface area contributed by atoms with Gasteiger partial charge in [0.2, 0.25) is 0 Å². The summed E-state index contributed by atoms with van der Waals surface area (Å²) in [5, 5.41) is 4.52. The summed E-state index contributed by atoms with van der Waals surface area (Å²) in [6.45, 7) is 3.99. The summed E-state index contributed by atoms with van der Waals surface area (Å²) in [6, 6.07) is 38.0. The van der Waals surface area contributed by atoms with Gasteiger partial charge in [0.1, 0.15) is 0 Å². The zero-order chi connectivity index (χ0) is 46.6. The third-order valence-corrected chi connectivity index (χ3v) is 9.48. The van der Waals surface area contributed by atoms with Crippen molar-refractivity contribution >= 4 is 79.1 Å². The van der Waals surface area contributed by atoms with Crippen LogP contribution in [0.25, 0.3) is 44.1 Å². The van der Waals surface area contributed by atoms with E-state index in [1.165, 1.54) is 35.9 Å². The third-order valence-electron chi connectivity index (χ3n) is 9.28. The maximum absolute atomic E-state index is 12.9. The number of carbonyl (C=O) groups is 2. The van der Waals surface area contributed by atoms with Gasteiger partial charge in [0.25, 0.3) is 11.1 Å². The van der Waals surface area contributed by atoms with Crippen molar-refractivity contribution in [2.24, 2.45) is 0 Å². The largest absolute Gasteiger partial charge is 0.416 e. The molecule has 6 aromatic carbocycles. The molecule has 0 spiro atoms. The molecule has 1 amide bonds. The molecule has 0 aliphatic heterocycles. The van der Waals surface area contributed by atoms with Gasteiger partial charge in [-0.2, -0.15) is 26.3 Å². The van der Waals surface area contributed by atoms with Gasteiger partial charge in [-0.1, -0.05) is 72.8 Å². The molecule has 8 rings (SSSR count). The number of nitrogens with one attached hydrogen (secondary N) is 1. The molecule has 0 bridgehead atoms. The number of rotatable bonds is 5. The molecule has 0 atom stereocenters. The second-order valence-electron chi connectivity index (χ2n) is 14.0. The van der Waals surface area contributed by atoms with Gasteiger partial charge in [-0.25, -0.2) is 0 Å². The second kappa shape index (κ2) is 21.7.